The number of hydrogen-bond donors (Lipinski definition) is 1. The average Bonchev–Trinajstić information content (AvgIpc) is 2.56. The van der Waals surface area contributed by atoms with Crippen molar-refractivity contribution >= 4 is 23.3 Å². The van der Waals surface area contributed by atoms with Crippen molar-refractivity contribution in [3.63, 3.8) is 0 Å². The van der Waals surface area contributed by atoms with E-state index in [1.807, 2.05) is 19.9 Å². The van der Waals surface area contributed by atoms with Gasteiger partial charge in [0.25, 0.3) is 0 Å². The molecule has 1 N–H and O–H groups in total. The Hall–Kier alpha value is -1.20. The maximum atomic E-state index is 13.9. The maximum Gasteiger partial charge on any atom is 0.178 e. The van der Waals surface area contributed by atoms with E-state index in [0.29, 0.717) is 22.4 Å². The predicted octanol–water partition coefficient (Wildman–Crippen LogP) is 3.22. The van der Waals surface area contributed by atoms with Crippen LogP contribution in [0.2, 0.25) is 0 Å². The average molecular weight is 254 g/mol. The van der Waals surface area contributed by atoms with Gasteiger partial charge in [-0.1, -0.05) is 6.07 Å². The second-order valence-corrected chi connectivity index (χ2v) is 5.03. The maximum absolute atomic E-state index is 13.9. The number of halogens is 1. The molecule has 1 heterocycles. The van der Waals surface area contributed by atoms with Crippen molar-refractivity contribution in [2.75, 3.05) is 13.7 Å². The first-order chi connectivity index (χ1) is 7.97. The summed E-state index contributed by atoms with van der Waals surface area (Å²) in [5.74, 6) is -0.279. The van der Waals surface area contributed by atoms with Gasteiger partial charge in [-0.05, 0) is 38.2 Å². The van der Waals surface area contributed by atoms with Crippen molar-refractivity contribution in [2.24, 2.45) is 0 Å². The van der Waals surface area contributed by atoms with E-state index >= 15 is 0 Å². The highest BCUT2D eigenvalue weighted by atomic mass is 32.1. The number of methoxy groups -OCH3 is 1. The minimum absolute atomic E-state index is 0.279. The molecule has 5 heteroatoms. The third-order valence-corrected chi connectivity index (χ3v) is 3.04. The Balaban J connectivity index is 2.77. The van der Waals surface area contributed by atoms with Gasteiger partial charge < -0.3 is 14.3 Å². The number of benzene rings is 1. The van der Waals surface area contributed by atoms with Gasteiger partial charge in [-0.3, -0.25) is 0 Å². The predicted molar refractivity (Wildman–Crippen MR) is 68.3 cm³/mol. The first-order valence-corrected chi connectivity index (χ1v) is 5.77. The van der Waals surface area contributed by atoms with E-state index in [1.54, 1.807) is 17.7 Å². The van der Waals surface area contributed by atoms with Gasteiger partial charge in [0.15, 0.2) is 4.77 Å². The minimum atomic E-state index is -0.397. The number of nitrogens with one attached hydrogen (secondary N) is 1. The molecule has 0 aliphatic rings. The fraction of sp³-hybridized carbons (Fsp3) is 0.417. The lowest BCUT2D eigenvalue weighted by atomic mass is 10.1. The normalized spacial score (nSPS) is 12.2. The smallest absolute Gasteiger partial charge is 0.178 e. The number of fused-ring (bicyclic) bond motifs is 1. The highest BCUT2D eigenvalue weighted by Crippen LogP contribution is 2.25. The minimum Gasteiger partial charge on any atom is -0.382 e. The summed E-state index contributed by atoms with van der Waals surface area (Å²) in [5, 5.41) is 0. The summed E-state index contributed by atoms with van der Waals surface area (Å²) in [6.07, 6.45) is 0. The number of nitrogens with zero attached hydrogens (tertiary/aromatic N) is 1. The van der Waals surface area contributed by atoms with Crippen molar-refractivity contribution < 1.29 is 9.13 Å². The highest BCUT2D eigenvalue weighted by Gasteiger charge is 2.24. The Bertz CT molecular complexity index is 600. The van der Waals surface area contributed by atoms with Crippen LogP contribution >= 0.6 is 12.2 Å². The number of ether oxygens (including phenoxy) is 1. The van der Waals surface area contributed by atoms with Gasteiger partial charge >= 0.3 is 0 Å². The first kappa shape index (κ1) is 12.3. The summed E-state index contributed by atoms with van der Waals surface area (Å²) in [6, 6.07) is 4.91. The van der Waals surface area contributed by atoms with E-state index in [2.05, 4.69) is 4.98 Å². The van der Waals surface area contributed by atoms with E-state index in [-0.39, 0.29) is 5.82 Å². The molecule has 2 rings (SSSR count). The Kier molecular flexibility index (Phi) is 3.05. The van der Waals surface area contributed by atoms with Crippen molar-refractivity contribution in [1.29, 1.82) is 0 Å². The largest absolute Gasteiger partial charge is 0.382 e. The summed E-state index contributed by atoms with van der Waals surface area (Å²) >= 11 is 5.26. The van der Waals surface area contributed by atoms with Crippen LogP contribution < -0.4 is 0 Å². The van der Waals surface area contributed by atoms with Crippen LogP contribution in [-0.4, -0.2) is 23.3 Å². The topological polar surface area (TPSA) is 29.9 Å². The molecule has 92 valence electrons. The van der Waals surface area contributed by atoms with Crippen LogP contribution in [0.4, 0.5) is 4.39 Å². The second-order valence-electron chi connectivity index (χ2n) is 4.65. The number of hydrogen-bond acceptors (Lipinski definition) is 2. The quantitative estimate of drug-likeness (QED) is 0.852. The lowest BCUT2D eigenvalue weighted by Gasteiger charge is -2.26. The van der Waals surface area contributed by atoms with E-state index in [9.17, 15) is 4.39 Å². The molecule has 17 heavy (non-hydrogen) atoms. The zero-order chi connectivity index (χ0) is 12.6. The molecule has 0 spiro atoms. The molecule has 0 unspecified atom stereocenters. The molecule has 0 bridgehead atoms. The SMILES string of the molecule is COCC(C)(C)n1c(=S)[nH]c2cccc(F)c21. The van der Waals surface area contributed by atoms with Crippen molar-refractivity contribution in [1.82, 2.24) is 9.55 Å². The van der Waals surface area contributed by atoms with Crippen molar-refractivity contribution in [2.45, 2.75) is 19.4 Å². The standard InChI is InChI=1S/C12H15FN2OS/c1-12(2,7-16-3)15-10-8(13)5-4-6-9(10)14-11(15)17/h4-6H,7H2,1-3H3,(H,14,17). The molecular weight excluding hydrogens is 239 g/mol. The van der Waals surface area contributed by atoms with E-state index < -0.39 is 5.54 Å². The van der Waals surface area contributed by atoms with Crippen LogP contribution in [0.1, 0.15) is 13.8 Å². The van der Waals surface area contributed by atoms with E-state index in [1.165, 1.54) is 6.07 Å². The summed E-state index contributed by atoms with van der Waals surface area (Å²) in [4.78, 5) is 3.01. The fourth-order valence-corrected chi connectivity index (χ4v) is 2.56. The van der Waals surface area contributed by atoms with E-state index in [0.717, 1.165) is 0 Å². The van der Waals surface area contributed by atoms with Gasteiger partial charge in [0, 0.05) is 7.11 Å². The van der Waals surface area contributed by atoms with Crippen LogP contribution in [0.15, 0.2) is 18.2 Å². The van der Waals surface area contributed by atoms with Crippen molar-refractivity contribution in [3.8, 4) is 0 Å². The monoisotopic (exact) mass is 254 g/mol. The Labute approximate surface area is 104 Å². The van der Waals surface area contributed by atoms with Gasteiger partial charge in [0.1, 0.15) is 11.3 Å². The zero-order valence-corrected chi connectivity index (χ0v) is 10.9. The van der Waals surface area contributed by atoms with Crippen LogP contribution in [0.3, 0.4) is 0 Å². The number of H-pyrrole nitrogens is 1. The number of aromatic nitrogens is 2. The summed E-state index contributed by atoms with van der Waals surface area (Å²) < 4.78 is 21.4. The molecule has 0 amide bonds. The lowest BCUT2D eigenvalue weighted by Crippen LogP contribution is -2.31. The van der Waals surface area contributed by atoms with Crippen LogP contribution in [-0.2, 0) is 10.3 Å². The summed E-state index contributed by atoms with van der Waals surface area (Å²) in [7, 11) is 1.62. The molecule has 3 nitrogen and oxygen atoms in total. The third-order valence-electron chi connectivity index (χ3n) is 2.76. The molecule has 0 saturated carbocycles. The molecule has 0 atom stereocenters. The summed E-state index contributed by atoms with van der Waals surface area (Å²) in [6.45, 7) is 4.39. The lowest BCUT2D eigenvalue weighted by molar-refractivity contribution is 0.111. The van der Waals surface area contributed by atoms with Crippen LogP contribution in [0.25, 0.3) is 11.0 Å². The second kappa shape index (κ2) is 4.23. The molecule has 0 aliphatic heterocycles. The van der Waals surface area contributed by atoms with Gasteiger partial charge in [-0.2, -0.15) is 0 Å². The van der Waals surface area contributed by atoms with Crippen LogP contribution in [0.5, 0.6) is 0 Å². The fourth-order valence-electron chi connectivity index (χ4n) is 2.11. The third kappa shape index (κ3) is 2.00. The number of imidazole rings is 1. The molecule has 1 aromatic heterocycles. The number of rotatable bonds is 3. The molecule has 0 radical (unpaired) electrons. The van der Waals surface area contributed by atoms with Gasteiger partial charge in [0.2, 0.25) is 0 Å². The summed E-state index contributed by atoms with van der Waals surface area (Å²) in [5.41, 5.74) is 0.811. The number of para-hydroxylation sites is 1. The molecule has 0 saturated heterocycles. The molecular formula is C12H15FN2OS. The van der Waals surface area contributed by atoms with Gasteiger partial charge in [-0.15, -0.1) is 0 Å². The number of aromatic amines is 1. The molecule has 2 aromatic rings. The Morgan fingerprint density at radius 1 is 1.47 bits per heavy atom. The van der Waals surface area contributed by atoms with E-state index in [4.69, 9.17) is 17.0 Å². The van der Waals surface area contributed by atoms with Gasteiger partial charge in [-0.25, -0.2) is 4.39 Å². The van der Waals surface area contributed by atoms with Crippen LogP contribution in [0, 0.1) is 10.6 Å². The molecule has 0 aliphatic carbocycles. The molecule has 0 fully saturated rings. The van der Waals surface area contributed by atoms with Crippen molar-refractivity contribution in [3.05, 3.63) is 28.8 Å². The first-order valence-electron chi connectivity index (χ1n) is 5.36. The zero-order valence-electron chi connectivity index (χ0n) is 10.1. The highest BCUT2D eigenvalue weighted by molar-refractivity contribution is 7.71. The van der Waals surface area contributed by atoms with Gasteiger partial charge in [0.05, 0.1) is 17.7 Å². The Morgan fingerprint density at radius 2 is 2.18 bits per heavy atom. The molecule has 1 aromatic carbocycles. The Morgan fingerprint density at radius 3 is 2.82 bits per heavy atom.